The van der Waals surface area contributed by atoms with Crippen LogP contribution in [0.3, 0.4) is 0 Å². The van der Waals surface area contributed by atoms with Crippen LogP contribution in [-0.4, -0.2) is 40.1 Å². The highest BCUT2D eigenvalue weighted by Crippen LogP contribution is 2.30. The minimum Gasteiger partial charge on any atom is -0.491 e. The zero-order valence-corrected chi connectivity index (χ0v) is 13.3. The third-order valence-electron chi connectivity index (χ3n) is 4.08. The Morgan fingerprint density at radius 2 is 2.05 bits per heavy atom. The molecule has 0 bridgehead atoms. The van der Waals surface area contributed by atoms with Crippen LogP contribution in [0.25, 0.3) is 0 Å². The molecule has 0 radical (unpaired) electrons. The van der Waals surface area contributed by atoms with Crippen molar-refractivity contribution in [3.63, 3.8) is 0 Å². The number of hydrogen-bond donors (Lipinski definition) is 1. The Labute approximate surface area is 130 Å². The Morgan fingerprint density at radius 1 is 1.36 bits per heavy atom. The first-order valence-corrected chi connectivity index (χ1v) is 7.63. The summed E-state index contributed by atoms with van der Waals surface area (Å²) >= 11 is 0. The van der Waals surface area contributed by atoms with Gasteiger partial charge in [0.05, 0.1) is 12.5 Å². The van der Waals surface area contributed by atoms with E-state index in [9.17, 15) is 14.7 Å². The van der Waals surface area contributed by atoms with Gasteiger partial charge >= 0.3 is 5.97 Å². The molecule has 1 aromatic rings. The smallest absolute Gasteiger partial charge is 0.329 e. The van der Waals surface area contributed by atoms with E-state index in [0.29, 0.717) is 18.7 Å². The molecule has 1 fully saturated rings. The molecule has 120 valence electrons. The summed E-state index contributed by atoms with van der Waals surface area (Å²) in [4.78, 5) is 25.6. The van der Waals surface area contributed by atoms with E-state index in [1.165, 1.54) is 4.90 Å². The minimum atomic E-state index is -1.09. The number of ether oxygens (including phenoxy) is 1. The van der Waals surface area contributed by atoms with Gasteiger partial charge in [0.2, 0.25) is 5.91 Å². The maximum absolute atomic E-state index is 12.6. The van der Waals surface area contributed by atoms with Crippen LogP contribution in [0.1, 0.15) is 39.2 Å². The van der Waals surface area contributed by atoms with Crippen LogP contribution < -0.4 is 4.74 Å². The van der Waals surface area contributed by atoms with Crippen LogP contribution in [0, 0.1) is 0 Å². The van der Waals surface area contributed by atoms with Crippen molar-refractivity contribution in [2.24, 2.45) is 0 Å². The molecule has 1 aliphatic heterocycles. The fraction of sp³-hybridized carbons (Fsp3) is 0.529. The van der Waals surface area contributed by atoms with Crippen molar-refractivity contribution in [3.8, 4) is 5.75 Å². The number of aliphatic carboxylic acids is 1. The van der Waals surface area contributed by atoms with Crippen molar-refractivity contribution in [1.29, 1.82) is 0 Å². The lowest BCUT2D eigenvalue weighted by molar-refractivity contribution is -0.155. The van der Waals surface area contributed by atoms with E-state index in [4.69, 9.17) is 4.74 Å². The molecule has 1 heterocycles. The number of para-hydroxylation sites is 1. The van der Waals surface area contributed by atoms with Gasteiger partial charge in [0, 0.05) is 12.1 Å². The van der Waals surface area contributed by atoms with Crippen molar-refractivity contribution < 1.29 is 19.4 Å². The quantitative estimate of drug-likeness (QED) is 0.907. The molecule has 5 heteroatoms. The number of nitrogens with zero attached hydrogens (tertiary/aromatic N) is 1. The lowest BCUT2D eigenvalue weighted by Crippen LogP contribution is -2.51. The van der Waals surface area contributed by atoms with Gasteiger partial charge in [0.25, 0.3) is 0 Å². The summed E-state index contributed by atoms with van der Waals surface area (Å²) < 4.78 is 5.72. The average molecular weight is 305 g/mol. The number of benzene rings is 1. The molecule has 1 unspecified atom stereocenters. The monoisotopic (exact) mass is 305 g/mol. The molecule has 5 nitrogen and oxygen atoms in total. The van der Waals surface area contributed by atoms with Crippen molar-refractivity contribution in [2.45, 2.75) is 51.7 Å². The molecule has 0 aliphatic carbocycles. The van der Waals surface area contributed by atoms with Crippen molar-refractivity contribution in [2.75, 3.05) is 6.54 Å². The molecule has 0 aromatic heterocycles. The summed E-state index contributed by atoms with van der Waals surface area (Å²) in [6, 6.07) is 7.41. The molecule has 1 aromatic carbocycles. The number of carbonyl (C=O) groups excluding carboxylic acids is 1. The fourth-order valence-electron chi connectivity index (χ4n) is 2.86. The molecular weight excluding hydrogens is 282 g/mol. The summed E-state index contributed by atoms with van der Waals surface area (Å²) in [6.45, 7) is 5.98. The van der Waals surface area contributed by atoms with Gasteiger partial charge in [-0.05, 0) is 39.7 Å². The third kappa shape index (κ3) is 3.24. The number of likely N-dealkylation sites (tertiary alicyclic amines) is 1. The van der Waals surface area contributed by atoms with E-state index in [0.717, 1.165) is 12.0 Å². The summed E-state index contributed by atoms with van der Waals surface area (Å²) in [6.07, 6.45) is 1.40. The molecule has 1 N–H and O–H groups in total. The highest BCUT2D eigenvalue weighted by Gasteiger charge is 2.45. The second-order valence-electron chi connectivity index (χ2n) is 6.18. The summed E-state index contributed by atoms with van der Waals surface area (Å²) in [5, 5.41) is 9.41. The van der Waals surface area contributed by atoms with E-state index in [1.54, 1.807) is 6.92 Å². The summed E-state index contributed by atoms with van der Waals surface area (Å²) in [5.41, 5.74) is -0.300. The Balaban J connectivity index is 2.17. The largest absolute Gasteiger partial charge is 0.491 e. The maximum Gasteiger partial charge on any atom is 0.329 e. The van der Waals surface area contributed by atoms with Gasteiger partial charge in [-0.15, -0.1) is 0 Å². The van der Waals surface area contributed by atoms with Gasteiger partial charge in [-0.2, -0.15) is 0 Å². The predicted octanol–water partition coefficient (Wildman–Crippen LogP) is 2.48. The maximum atomic E-state index is 12.6. The van der Waals surface area contributed by atoms with Gasteiger partial charge < -0.3 is 14.7 Å². The number of hydrogen-bond acceptors (Lipinski definition) is 3. The molecule has 0 saturated carbocycles. The first-order valence-electron chi connectivity index (χ1n) is 7.63. The molecule has 1 amide bonds. The molecule has 1 atom stereocenters. The summed E-state index contributed by atoms with van der Waals surface area (Å²) in [7, 11) is 0. The van der Waals surface area contributed by atoms with E-state index in [1.807, 2.05) is 38.1 Å². The Bertz CT molecular complexity index is 570. The molecule has 22 heavy (non-hydrogen) atoms. The van der Waals surface area contributed by atoms with Crippen LogP contribution in [-0.2, 0) is 16.0 Å². The Kier molecular flexibility index (Phi) is 4.74. The highest BCUT2D eigenvalue weighted by molar-refractivity contribution is 5.88. The van der Waals surface area contributed by atoms with Crippen molar-refractivity contribution in [1.82, 2.24) is 4.90 Å². The number of carboxylic acid groups (broad SMARTS) is 1. The van der Waals surface area contributed by atoms with Crippen molar-refractivity contribution >= 4 is 11.9 Å². The van der Waals surface area contributed by atoms with E-state index in [2.05, 4.69) is 0 Å². The topological polar surface area (TPSA) is 66.8 Å². The van der Waals surface area contributed by atoms with Gasteiger partial charge in [0.15, 0.2) is 0 Å². The van der Waals surface area contributed by atoms with E-state index in [-0.39, 0.29) is 18.4 Å². The lowest BCUT2D eigenvalue weighted by atomic mass is 9.98. The average Bonchev–Trinajstić information content (AvgIpc) is 2.84. The standard InChI is InChI=1S/C17H23NO4/c1-12(2)22-14-8-5-4-7-13(14)11-15(19)18-10-6-9-17(18,3)16(20)21/h4-5,7-8,12H,6,9-11H2,1-3H3,(H,20,21). The van der Waals surface area contributed by atoms with E-state index < -0.39 is 11.5 Å². The number of carbonyl (C=O) groups is 2. The zero-order chi connectivity index (χ0) is 16.3. The van der Waals surface area contributed by atoms with Gasteiger partial charge in [0.1, 0.15) is 11.3 Å². The molecule has 2 rings (SSSR count). The molecule has 1 aliphatic rings. The van der Waals surface area contributed by atoms with Crippen LogP contribution in [0.2, 0.25) is 0 Å². The zero-order valence-electron chi connectivity index (χ0n) is 13.3. The first-order chi connectivity index (χ1) is 10.3. The SMILES string of the molecule is CC(C)Oc1ccccc1CC(=O)N1CCCC1(C)C(=O)O. The van der Waals surface area contributed by atoms with Crippen molar-refractivity contribution in [3.05, 3.63) is 29.8 Å². The fourth-order valence-corrected chi connectivity index (χ4v) is 2.86. The molecular formula is C17H23NO4. The minimum absolute atomic E-state index is 0.0207. The Morgan fingerprint density at radius 3 is 2.68 bits per heavy atom. The first kappa shape index (κ1) is 16.3. The second-order valence-corrected chi connectivity index (χ2v) is 6.18. The van der Waals surface area contributed by atoms with Crippen LogP contribution in [0.4, 0.5) is 0 Å². The molecule has 1 saturated heterocycles. The van der Waals surface area contributed by atoms with Gasteiger partial charge in [-0.25, -0.2) is 4.79 Å². The van der Waals surface area contributed by atoms with Crippen LogP contribution >= 0.6 is 0 Å². The van der Waals surface area contributed by atoms with Gasteiger partial charge in [-0.3, -0.25) is 4.79 Å². The summed E-state index contributed by atoms with van der Waals surface area (Å²) in [5.74, 6) is -0.422. The van der Waals surface area contributed by atoms with Gasteiger partial charge in [-0.1, -0.05) is 18.2 Å². The highest BCUT2D eigenvalue weighted by atomic mass is 16.5. The predicted molar refractivity (Wildman–Crippen MR) is 82.9 cm³/mol. The number of amides is 1. The van der Waals surface area contributed by atoms with E-state index >= 15 is 0 Å². The van der Waals surface area contributed by atoms with Crippen LogP contribution in [0.15, 0.2) is 24.3 Å². The van der Waals surface area contributed by atoms with Crippen LogP contribution in [0.5, 0.6) is 5.75 Å². The number of carboxylic acids is 1. The number of rotatable bonds is 5. The normalized spacial score (nSPS) is 21.2. The lowest BCUT2D eigenvalue weighted by Gasteiger charge is -2.31. The third-order valence-corrected chi connectivity index (χ3v) is 4.08. The Hall–Kier alpha value is -2.04. The molecule has 0 spiro atoms. The second kappa shape index (κ2) is 6.38.